The third-order valence-electron chi connectivity index (χ3n) is 7.18. The minimum atomic E-state index is -3.93. The van der Waals surface area contributed by atoms with Gasteiger partial charge in [-0.15, -0.1) is 0 Å². The molecule has 5 rings (SSSR count). The number of hydrogen-bond acceptors (Lipinski definition) is 7. The molecule has 1 aliphatic heterocycles. The highest BCUT2D eigenvalue weighted by atomic mass is 32.2. The standard InChI is InChI=1S/C29H27FN4O4S/c1-38-24-9-11-25(12-10-24)39(36,37)34-15-13-21-16-27(33-23-7-5-22(30)6-8-23)20(18-31)17-29(21,19-34)28(35)26-4-2-3-14-32-26/h2-12,14,16,18,31,33H,13,15,17,19H2,1H3/t29-/m0/s1. The van der Waals surface area contributed by atoms with Crippen molar-refractivity contribution in [3.05, 3.63) is 107 Å². The van der Waals surface area contributed by atoms with Crippen molar-refractivity contribution < 1.29 is 22.3 Å². The van der Waals surface area contributed by atoms with Gasteiger partial charge in [0.05, 0.1) is 17.4 Å². The number of ether oxygens (including phenoxy) is 1. The van der Waals surface area contributed by atoms with E-state index in [1.54, 1.807) is 42.5 Å². The lowest BCUT2D eigenvalue weighted by Crippen LogP contribution is -2.52. The summed E-state index contributed by atoms with van der Waals surface area (Å²) in [6, 6.07) is 17.0. The van der Waals surface area contributed by atoms with E-state index in [-0.39, 0.29) is 41.7 Å². The molecule has 2 aliphatic rings. The molecule has 0 radical (unpaired) electrons. The number of anilines is 1. The number of halogens is 1. The number of piperidine rings is 1. The predicted molar refractivity (Wildman–Crippen MR) is 146 cm³/mol. The van der Waals surface area contributed by atoms with Crippen molar-refractivity contribution in [3.8, 4) is 5.75 Å². The van der Waals surface area contributed by atoms with Gasteiger partial charge in [0.2, 0.25) is 10.0 Å². The highest BCUT2D eigenvalue weighted by Gasteiger charge is 2.51. The van der Waals surface area contributed by atoms with Gasteiger partial charge in [-0.2, -0.15) is 4.31 Å². The van der Waals surface area contributed by atoms with Gasteiger partial charge in [0.15, 0.2) is 5.78 Å². The molecule has 0 unspecified atom stereocenters. The molecule has 0 spiro atoms. The molecular weight excluding hydrogens is 519 g/mol. The third-order valence-corrected chi connectivity index (χ3v) is 9.03. The van der Waals surface area contributed by atoms with Crippen LogP contribution in [0.3, 0.4) is 0 Å². The van der Waals surface area contributed by atoms with E-state index in [9.17, 15) is 17.6 Å². The van der Waals surface area contributed by atoms with E-state index >= 15 is 0 Å². The van der Waals surface area contributed by atoms with E-state index in [4.69, 9.17) is 10.1 Å². The Bertz CT molecular complexity index is 1570. The molecule has 1 fully saturated rings. The minimum absolute atomic E-state index is 0.0935. The molecule has 3 aromatic rings. The van der Waals surface area contributed by atoms with Gasteiger partial charge in [-0.25, -0.2) is 12.8 Å². The van der Waals surface area contributed by atoms with Crippen LogP contribution >= 0.6 is 0 Å². The second-order valence-electron chi connectivity index (χ2n) is 9.45. The summed E-state index contributed by atoms with van der Waals surface area (Å²) >= 11 is 0. The summed E-state index contributed by atoms with van der Waals surface area (Å²) in [5, 5.41) is 11.4. The number of carbonyl (C=O) groups excluding carboxylic acids is 1. The SMILES string of the molecule is COc1ccc(S(=O)(=O)N2CCC3=CC(Nc4ccc(F)cc4)=C(C=N)C[C@]3(C(=O)c3ccccn3)C2)cc1. The van der Waals surface area contributed by atoms with Crippen LogP contribution in [0, 0.1) is 16.6 Å². The first-order chi connectivity index (χ1) is 18.8. The molecule has 0 saturated carbocycles. The minimum Gasteiger partial charge on any atom is -0.497 e. The number of pyridine rings is 1. The Morgan fingerprint density at radius 3 is 2.51 bits per heavy atom. The van der Waals surface area contributed by atoms with Crippen molar-refractivity contribution in [1.82, 2.24) is 9.29 Å². The molecule has 1 aliphatic carbocycles. The number of methoxy groups -OCH3 is 1. The van der Waals surface area contributed by atoms with Crippen molar-refractivity contribution in [1.29, 1.82) is 5.41 Å². The predicted octanol–water partition coefficient (Wildman–Crippen LogP) is 4.84. The van der Waals surface area contributed by atoms with Crippen molar-refractivity contribution in [2.45, 2.75) is 17.7 Å². The molecule has 10 heteroatoms. The highest BCUT2D eigenvalue weighted by molar-refractivity contribution is 7.89. The maximum absolute atomic E-state index is 14.1. The van der Waals surface area contributed by atoms with E-state index in [1.807, 2.05) is 6.08 Å². The Kier molecular flexibility index (Phi) is 7.16. The number of nitrogens with zero attached hydrogens (tertiary/aromatic N) is 2. The van der Waals surface area contributed by atoms with E-state index in [0.29, 0.717) is 29.1 Å². The van der Waals surface area contributed by atoms with Gasteiger partial charge in [-0.1, -0.05) is 11.6 Å². The van der Waals surface area contributed by atoms with E-state index in [2.05, 4.69) is 10.3 Å². The number of sulfonamides is 1. The van der Waals surface area contributed by atoms with Crippen LogP contribution in [0.5, 0.6) is 5.75 Å². The average molecular weight is 547 g/mol. The van der Waals surface area contributed by atoms with Crippen LogP contribution < -0.4 is 10.1 Å². The van der Waals surface area contributed by atoms with Crippen LogP contribution in [-0.4, -0.2) is 49.9 Å². The molecule has 2 N–H and O–H groups in total. The lowest BCUT2D eigenvalue weighted by molar-refractivity contribution is 0.0770. The van der Waals surface area contributed by atoms with Crippen molar-refractivity contribution in [2.75, 3.05) is 25.5 Å². The summed E-state index contributed by atoms with van der Waals surface area (Å²) in [4.78, 5) is 18.5. The molecule has 8 nitrogen and oxygen atoms in total. The number of Topliss-reactive ketones (excluding diaryl/α,β-unsaturated/α-hetero) is 1. The Labute approximate surface area is 226 Å². The summed E-state index contributed by atoms with van der Waals surface area (Å²) in [6.07, 6.45) is 4.94. The zero-order valence-electron chi connectivity index (χ0n) is 21.2. The van der Waals surface area contributed by atoms with Crippen molar-refractivity contribution in [2.24, 2.45) is 5.41 Å². The van der Waals surface area contributed by atoms with Crippen LogP contribution in [0.25, 0.3) is 0 Å². The summed E-state index contributed by atoms with van der Waals surface area (Å²) in [6.45, 7) is 0.0883. The zero-order valence-corrected chi connectivity index (χ0v) is 22.0. The Morgan fingerprint density at radius 2 is 1.87 bits per heavy atom. The summed E-state index contributed by atoms with van der Waals surface area (Å²) in [5.41, 5.74) is 1.51. The highest BCUT2D eigenvalue weighted by Crippen LogP contribution is 2.47. The van der Waals surface area contributed by atoms with Gasteiger partial charge in [0.25, 0.3) is 0 Å². The lowest BCUT2D eigenvalue weighted by atomic mass is 9.65. The fourth-order valence-electron chi connectivity index (χ4n) is 5.11. The fourth-order valence-corrected chi connectivity index (χ4v) is 6.61. The third kappa shape index (κ3) is 5.00. The van der Waals surface area contributed by atoms with Crippen molar-refractivity contribution >= 4 is 27.7 Å². The maximum atomic E-state index is 14.1. The number of rotatable bonds is 8. The number of carbonyl (C=O) groups is 1. The average Bonchev–Trinajstić information content (AvgIpc) is 2.97. The zero-order chi connectivity index (χ0) is 27.6. The van der Waals surface area contributed by atoms with Crippen LogP contribution in [0.2, 0.25) is 0 Å². The van der Waals surface area contributed by atoms with Crippen LogP contribution in [0.1, 0.15) is 23.3 Å². The molecule has 2 aromatic carbocycles. The van der Waals surface area contributed by atoms with Crippen LogP contribution in [0.4, 0.5) is 10.1 Å². The first-order valence-electron chi connectivity index (χ1n) is 12.3. The second kappa shape index (κ2) is 10.5. The van der Waals surface area contributed by atoms with Gasteiger partial charge in [-0.05, 0) is 85.2 Å². The van der Waals surface area contributed by atoms with Gasteiger partial charge < -0.3 is 15.5 Å². The first kappa shape index (κ1) is 26.5. The molecule has 0 amide bonds. The molecule has 1 aromatic heterocycles. The van der Waals surface area contributed by atoms with Gasteiger partial charge in [0.1, 0.15) is 17.3 Å². The molecule has 2 heterocycles. The molecular formula is C29H27FN4O4S. The number of allylic oxidation sites excluding steroid dienone is 2. The van der Waals surface area contributed by atoms with Crippen molar-refractivity contribution in [3.63, 3.8) is 0 Å². The summed E-state index contributed by atoms with van der Waals surface area (Å²) in [5.74, 6) is -0.132. The number of fused-ring (bicyclic) bond motifs is 1. The Morgan fingerprint density at radius 1 is 1.13 bits per heavy atom. The molecule has 1 atom stereocenters. The fraction of sp³-hybridized carbons (Fsp3) is 0.207. The van der Waals surface area contributed by atoms with Gasteiger partial charge in [0, 0.05) is 36.9 Å². The van der Waals surface area contributed by atoms with Gasteiger partial charge in [-0.3, -0.25) is 9.78 Å². The van der Waals surface area contributed by atoms with E-state index < -0.39 is 15.4 Å². The monoisotopic (exact) mass is 546 g/mol. The van der Waals surface area contributed by atoms with E-state index in [1.165, 1.54) is 48.1 Å². The molecule has 0 bridgehead atoms. The lowest BCUT2D eigenvalue weighted by Gasteiger charge is -2.45. The first-order valence-corrected chi connectivity index (χ1v) is 13.8. The maximum Gasteiger partial charge on any atom is 0.243 e. The smallest absolute Gasteiger partial charge is 0.243 e. The topological polar surface area (TPSA) is 112 Å². The normalized spacial score (nSPS) is 19.6. The van der Waals surface area contributed by atoms with Crippen LogP contribution in [0.15, 0.2) is 101 Å². The summed E-state index contributed by atoms with van der Waals surface area (Å²) < 4.78 is 47.3. The Balaban J connectivity index is 1.55. The Hall–Kier alpha value is -4.15. The molecule has 1 saturated heterocycles. The van der Waals surface area contributed by atoms with Crippen LogP contribution in [-0.2, 0) is 10.0 Å². The number of ketones is 1. The van der Waals surface area contributed by atoms with E-state index in [0.717, 1.165) is 5.57 Å². The number of hydrogen-bond donors (Lipinski definition) is 2. The summed E-state index contributed by atoms with van der Waals surface area (Å²) in [7, 11) is -2.42. The van der Waals surface area contributed by atoms with Gasteiger partial charge >= 0.3 is 0 Å². The second-order valence-corrected chi connectivity index (χ2v) is 11.4. The largest absolute Gasteiger partial charge is 0.497 e. The molecule has 39 heavy (non-hydrogen) atoms. The molecule has 200 valence electrons. The number of nitrogens with one attached hydrogen (secondary N) is 2. The number of aromatic nitrogens is 1. The quantitative estimate of drug-likeness (QED) is 0.309. The number of benzene rings is 2.